The molecule has 0 heterocycles. The predicted octanol–water partition coefficient (Wildman–Crippen LogP) is 5.71. The van der Waals surface area contributed by atoms with Crippen LogP contribution in [0.15, 0.2) is 108 Å². The molecule has 0 aromatic heterocycles. The molecule has 5 nitrogen and oxygen atoms in total. The lowest BCUT2D eigenvalue weighted by molar-refractivity contribution is -0.120. The number of benzene rings is 4. The van der Waals surface area contributed by atoms with Crippen LogP contribution in [0.2, 0.25) is 0 Å². The molecular weight excluding hydrogens is 468 g/mol. The number of sulfonamides is 1. The molecule has 1 N–H and O–H groups in total. The van der Waals surface area contributed by atoms with Crippen LogP contribution in [0, 0.1) is 20.8 Å². The second-order valence-electron chi connectivity index (χ2n) is 8.88. The van der Waals surface area contributed by atoms with Crippen molar-refractivity contribution in [3.8, 4) is 0 Å². The van der Waals surface area contributed by atoms with Crippen molar-refractivity contribution in [1.82, 2.24) is 5.32 Å². The van der Waals surface area contributed by atoms with Crippen LogP contribution in [0.1, 0.15) is 33.9 Å². The van der Waals surface area contributed by atoms with E-state index in [0.29, 0.717) is 5.69 Å². The lowest BCUT2D eigenvalue weighted by atomic mass is 9.95. The Balaban J connectivity index is 1.73. The number of nitrogens with zero attached hydrogens (tertiary/aromatic N) is 1. The highest BCUT2D eigenvalue weighted by atomic mass is 32.2. The normalized spacial score (nSPS) is 12.1. The van der Waals surface area contributed by atoms with E-state index in [9.17, 15) is 13.2 Å². The van der Waals surface area contributed by atoms with Crippen LogP contribution in [0.5, 0.6) is 0 Å². The molecule has 0 aliphatic heterocycles. The Bertz CT molecular complexity index is 1450. The van der Waals surface area contributed by atoms with E-state index >= 15 is 0 Å². The first-order valence-electron chi connectivity index (χ1n) is 11.8. The zero-order chi connectivity index (χ0) is 25.7. The summed E-state index contributed by atoms with van der Waals surface area (Å²) >= 11 is 0. The molecule has 1 atom stereocenters. The Kier molecular flexibility index (Phi) is 7.55. The predicted molar refractivity (Wildman–Crippen MR) is 144 cm³/mol. The van der Waals surface area contributed by atoms with Crippen molar-refractivity contribution in [2.45, 2.75) is 31.7 Å². The summed E-state index contributed by atoms with van der Waals surface area (Å²) < 4.78 is 28.7. The van der Waals surface area contributed by atoms with Crippen LogP contribution >= 0.6 is 0 Å². The Morgan fingerprint density at radius 1 is 0.778 bits per heavy atom. The molecule has 0 saturated carbocycles. The summed E-state index contributed by atoms with van der Waals surface area (Å²) in [6, 6.07) is 31.0. The van der Waals surface area contributed by atoms with Gasteiger partial charge in [-0.1, -0.05) is 84.9 Å². The van der Waals surface area contributed by atoms with E-state index in [4.69, 9.17) is 0 Å². The lowest BCUT2D eigenvalue weighted by Gasteiger charge is -2.28. The van der Waals surface area contributed by atoms with Gasteiger partial charge in [0.15, 0.2) is 0 Å². The number of carbonyl (C=O) groups excluding carboxylic acids is 1. The number of hydrogen-bond acceptors (Lipinski definition) is 3. The van der Waals surface area contributed by atoms with Crippen LogP contribution in [0.4, 0.5) is 5.69 Å². The van der Waals surface area contributed by atoms with Gasteiger partial charge in [-0.3, -0.25) is 9.10 Å². The van der Waals surface area contributed by atoms with Gasteiger partial charge in [-0.15, -0.1) is 0 Å². The monoisotopic (exact) mass is 498 g/mol. The molecule has 184 valence electrons. The molecule has 1 amide bonds. The second-order valence-corrected chi connectivity index (χ2v) is 10.7. The van der Waals surface area contributed by atoms with Crippen molar-refractivity contribution in [1.29, 1.82) is 0 Å². The van der Waals surface area contributed by atoms with Crippen LogP contribution < -0.4 is 9.62 Å². The summed E-state index contributed by atoms with van der Waals surface area (Å²) in [5, 5.41) is 3.10. The Morgan fingerprint density at radius 2 is 1.39 bits per heavy atom. The van der Waals surface area contributed by atoms with Crippen LogP contribution in [0.25, 0.3) is 0 Å². The van der Waals surface area contributed by atoms with Gasteiger partial charge in [0, 0.05) is 0 Å². The zero-order valence-electron chi connectivity index (χ0n) is 20.7. The fourth-order valence-corrected chi connectivity index (χ4v) is 5.74. The highest BCUT2D eigenvalue weighted by Gasteiger charge is 2.29. The maximum absolute atomic E-state index is 13.8. The zero-order valence-corrected chi connectivity index (χ0v) is 21.5. The van der Waals surface area contributed by atoms with Crippen molar-refractivity contribution >= 4 is 21.6 Å². The van der Waals surface area contributed by atoms with Crippen molar-refractivity contribution < 1.29 is 13.2 Å². The molecule has 0 radical (unpaired) electrons. The number of nitrogens with one attached hydrogen (secondary N) is 1. The highest BCUT2D eigenvalue weighted by Crippen LogP contribution is 2.29. The molecule has 0 unspecified atom stereocenters. The minimum absolute atomic E-state index is 0.136. The minimum Gasteiger partial charge on any atom is -0.344 e. The number of amides is 1. The number of hydrogen-bond donors (Lipinski definition) is 1. The van der Waals surface area contributed by atoms with Crippen LogP contribution in [-0.2, 0) is 14.8 Å². The summed E-state index contributed by atoms with van der Waals surface area (Å²) in [7, 11) is -3.99. The maximum Gasteiger partial charge on any atom is 0.264 e. The third kappa shape index (κ3) is 5.50. The molecule has 6 heteroatoms. The Labute approximate surface area is 213 Å². The standard InChI is InChI=1S/C30H30N2O3S/c1-22-18-19-24(3)28(20-22)32(36(34,35)26-15-8-5-9-16-26)21-29(33)31-30(25-13-6-4-7-14-25)27-17-11-10-12-23(27)2/h4-20,30H,21H2,1-3H3,(H,31,33)/t30-/m1/s1. The van der Waals surface area contributed by atoms with Gasteiger partial charge in [-0.2, -0.15) is 0 Å². The summed E-state index contributed by atoms with van der Waals surface area (Å²) in [4.78, 5) is 13.7. The molecule has 4 rings (SSSR count). The SMILES string of the molecule is Cc1ccc(C)c(N(CC(=O)N[C@H](c2ccccc2)c2ccccc2C)S(=O)(=O)c2ccccc2)c1. The van der Waals surface area contributed by atoms with Crippen molar-refractivity contribution in [2.75, 3.05) is 10.8 Å². The average molecular weight is 499 g/mol. The van der Waals surface area contributed by atoms with E-state index in [1.807, 2.05) is 87.5 Å². The molecule has 0 aliphatic rings. The van der Waals surface area contributed by atoms with E-state index in [-0.39, 0.29) is 11.4 Å². The van der Waals surface area contributed by atoms with Crippen molar-refractivity contribution in [3.05, 3.63) is 131 Å². The van der Waals surface area contributed by atoms with Gasteiger partial charge < -0.3 is 5.32 Å². The van der Waals surface area contributed by atoms with E-state index in [1.165, 1.54) is 4.31 Å². The smallest absolute Gasteiger partial charge is 0.264 e. The maximum atomic E-state index is 13.8. The Morgan fingerprint density at radius 3 is 2.06 bits per heavy atom. The van der Waals surface area contributed by atoms with Gasteiger partial charge in [0.05, 0.1) is 16.6 Å². The summed E-state index contributed by atoms with van der Waals surface area (Å²) in [5.41, 5.74) is 5.08. The fourth-order valence-electron chi connectivity index (χ4n) is 4.24. The van der Waals surface area contributed by atoms with Crippen LogP contribution in [0.3, 0.4) is 0 Å². The molecule has 0 saturated heterocycles. The number of aryl methyl sites for hydroxylation is 3. The molecule has 4 aromatic rings. The molecule has 36 heavy (non-hydrogen) atoms. The van der Waals surface area contributed by atoms with Gasteiger partial charge in [0.2, 0.25) is 5.91 Å². The lowest BCUT2D eigenvalue weighted by Crippen LogP contribution is -2.42. The topological polar surface area (TPSA) is 66.5 Å². The molecule has 4 aromatic carbocycles. The third-order valence-electron chi connectivity index (χ3n) is 6.19. The van der Waals surface area contributed by atoms with Gasteiger partial charge in [0.1, 0.15) is 6.54 Å². The number of rotatable bonds is 8. The second kappa shape index (κ2) is 10.8. The molecule has 0 bridgehead atoms. The average Bonchev–Trinajstić information content (AvgIpc) is 2.89. The Hall–Kier alpha value is -3.90. The van der Waals surface area contributed by atoms with E-state index < -0.39 is 22.0 Å². The van der Waals surface area contributed by atoms with Gasteiger partial charge in [-0.25, -0.2) is 8.42 Å². The molecule has 0 spiro atoms. The first-order valence-corrected chi connectivity index (χ1v) is 13.3. The largest absolute Gasteiger partial charge is 0.344 e. The molecule has 0 fully saturated rings. The highest BCUT2D eigenvalue weighted by molar-refractivity contribution is 7.92. The number of anilines is 1. The fraction of sp³-hybridized carbons (Fsp3) is 0.167. The van der Waals surface area contributed by atoms with E-state index in [2.05, 4.69) is 5.32 Å². The summed E-state index contributed by atoms with van der Waals surface area (Å²) in [6.45, 7) is 5.40. The van der Waals surface area contributed by atoms with E-state index in [1.54, 1.807) is 36.4 Å². The molecular formula is C30H30N2O3S. The first-order chi connectivity index (χ1) is 17.3. The van der Waals surface area contributed by atoms with Crippen LogP contribution in [-0.4, -0.2) is 20.9 Å². The van der Waals surface area contributed by atoms with Gasteiger partial charge >= 0.3 is 0 Å². The third-order valence-corrected chi connectivity index (χ3v) is 7.96. The minimum atomic E-state index is -3.99. The van der Waals surface area contributed by atoms with Crippen molar-refractivity contribution in [3.63, 3.8) is 0 Å². The van der Waals surface area contributed by atoms with Gasteiger partial charge in [-0.05, 0) is 66.8 Å². The quantitative estimate of drug-likeness (QED) is 0.338. The number of carbonyl (C=O) groups is 1. The molecule has 0 aliphatic carbocycles. The van der Waals surface area contributed by atoms with Gasteiger partial charge in [0.25, 0.3) is 10.0 Å². The van der Waals surface area contributed by atoms with E-state index in [0.717, 1.165) is 27.8 Å². The van der Waals surface area contributed by atoms with Crippen molar-refractivity contribution in [2.24, 2.45) is 0 Å². The summed E-state index contributed by atoms with van der Waals surface area (Å²) in [6.07, 6.45) is 0. The summed E-state index contributed by atoms with van der Waals surface area (Å²) in [5.74, 6) is -0.396. The first kappa shape index (κ1) is 25.2.